The van der Waals surface area contributed by atoms with Crippen molar-refractivity contribution in [1.29, 1.82) is 0 Å². The van der Waals surface area contributed by atoms with Gasteiger partial charge in [-0.3, -0.25) is 4.57 Å². The molecule has 0 spiro atoms. The van der Waals surface area contributed by atoms with Crippen LogP contribution >= 0.6 is 0 Å². The number of rotatable bonds is 6. The smallest absolute Gasteiger partial charge is 0.284 e. The van der Waals surface area contributed by atoms with Crippen LogP contribution in [0.2, 0.25) is 0 Å². The fourth-order valence-electron chi connectivity index (χ4n) is 2.98. The average molecular weight is 361 g/mol. The molecule has 1 aliphatic heterocycles. The van der Waals surface area contributed by atoms with E-state index >= 15 is 0 Å². The van der Waals surface area contributed by atoms with E-state index in [2.05, 4.69) is 20.3 Å². The average Bonchev–Trinajstić information content (AvgIpc) is 3.37. The van der Waals surface area contributed by atoms with Gasteiger partial charge in [0.05, 0.1) is 32.7 Å². The summed E-state index contributed by atoms with van der Waals surface area (Å²) in [5.74, 6) is 1.69. The first-order valence-corrected chi connectivity index (χ1v) is 8.18. The van der Waals surface area contributed by atoms with E-state index in [1.165, 1.54) is 6.33 Å². The lowest BCUT2D eigenvalue weighted by Gasteiger charge is -2.13. The highest BCUT2D eigenvalue weighted by Crippen LogP contribution is 2.31. The van der Waals surface area contributed by atoms with Gasteiger partial charge in [-0.05, 0) is 6.07 Å². The highest BCUT2D eigenvalue weighted by molar-refractivity contribution is 5.82. The molecule has 0 amide bonds. The predicted molar refractivity (Wildman–Crippen MR) is 89.5 cm³/mol. The third kappa shape index (κ3) is 2.98. The molecule has 3 aromatic heterocycles. The molecule has 0 aliphatic carbocycles. The lowest BCUT2D eigenvalue weighted by atomic mass is 10.2. The van der Waals surface area contributed by atoms with E-state index in [1.54, 1.807) is 24.1 Å². The molecular weight excluding hydrogens is 342 g/mol. The van der Waals surface area contributed by atoms with Crippen LogP contribution in [-0.2, 0) is 11.3 Å². The van der Waals surface area contributed by atoms with Crippen molar-refractivity contribution in [3.05, 3.63) is 30.5 Å². The molecule has 1 saturated heterocycles. The normalized spacial score (nSPS) is 22.8. The van der Waals surface area contributed by atoms with E-state index in [4.69, 9.17) is 13.9 Å². The van der Waals surface area contributed by atoms with Crippen molar-refractivity contribution in [3.63, 3.8) is 0 Å². The molecule has 10 heteroatoms. The summed E-state index contributed by atoms with van der Waals surface area (Å²) in [5, 5.41) is 22.3. The molecule has 10 nitrogen and oxygen atoms in total. The van der Waals surface area contributed by atoms with Gasteiger partial charge < -0.3 is 29.4 Å². The second-order valence-corrected chi connectivity index (χ2v) is 5.94. The van der Waals surface area contributed by atoms with Gasteiger partial charge >= 0.3 is 0 Å². The monoisotopic (exact) mass is 361 g/mol. The summed E-state index contributed by atoms with van der Waals surface area (Å²) in [6.45, 7) is 0.173. The summed E-state index contributed by atoms with van der Waals surface area (Å²) in [7, 11) is 1.54. The maximum atomic E-state index is 9.93. The first-order chi connectivity index (χ1) is 12.7. The number of aromatic nitrogens is 4. The molecule has 0 saturated carbocycles. The van der Waals surface area contributed by atoms with E-state index in [0.29, 0.717) is 41.7 Å². The van der Waals surface area contributed by atoms with Crippen LogP contribution in [0.5, 0.6) is 5.95 Å². The number of aliphatic hydroxyl groups excluding tert-OH is 2. The molecule has 0 radical (unpaired) electrons. The fourth-order valence-corrected chi connectivity index (χ4v) is 2.98. The first-order valence-electron chi connectivity index (χ1n) is 8.18. The molecule has 1 unspecified atom stereocenters. The Bertz CT molecular complexity index is 894. The third-order valence-corrected chi connectivity index (χ3v) is 4.32. The van der Waals surface area contributed by atoms with Crippen LogP contribution < -0.4 is 10.1 Å². The minimum absolute atomic E-state index is 0.237. The molecule has 3 N–H and O–H groups in total. The predicted octanol–water partition coefficient (Wildman–Crippen LogP) is 0.681. The Morgan fingerprint density at radius 1 is 1.35 bits per heavy atom. The van der Waals surface area contributed by atoms with Crippen molar-refractivity contribution in [1.82, 2.24) is 19.5 Å². The molecule has 0 bridgehead atoms. The SMILES string of the molecule is COc1ccc(CNc2ncnc3c2ncn3C2C[C@H](O)[C@@H](CO)O2)o1. The van der Waals surface area contributed by atoms with Crippen LogP contribution in [0.25, 0.3) is 11.2 Å². The minimum Gasteiger partial charge on any atom is -0.468 e. The van der Waals surface area contributed by atoms with Crippen molar-refractivity contribution < 1.29 is 24.1 Å². The van der Waals surface area contributed by atoms with Crippen LogP contribution in [0.4, 0.5) is 5.82 Å². The number of ether oxygens (including phenoxy) is 2. The lowest BCUT2D eigenvalue weighted by molar-refractivity contribution is -0.0432. The van der Waals surface area contributed by atoms with E-state index in [9.17, 15) is 10.2 Å². The number of nitrogens with one attached hydrogen (secondary N) is 1. The van der Waals surface area contributed by atoms with Crippen LogP contribution in [0.3, 0.4) is 0 Å². The summed E-state index contributed by atoms with van der Waals surface area (Å²) in [6, 6.07) is 3.55. The highest BCUT2D eigenvalue weighted by Gasteiger charge is 2.35. The molecule has 4 rings (SSSR count). The van der Waals surface area contributed by atoms with Crippen molar-refractivity contribution in [2.45, 2.75) is 31.4 Å². The molecule has 3 atom stereocenters. The lowest BCUT2D eigenvalue weighted by Crippen LogP contribution is -2.24. The van der Waals surface area contributed by atoms with Crippen molar-refractivity contribution in [2.24, 2.45) is 0 Å². The Morgan fingerprint density at radius 2 is 2.23 bits per heavy atom. The summed E-state index contributed by atoms with van der Waals surface area (Å²) in [4.78, 5) is 12.9. The molecule has 138 valence electrons. The molecule has 0 aromatic carbocycles. The number of imidazole rings is 1. The van der Waals surface area contributed by atoms with E-state index < -0.39 is 18.4 Å². The van der Waals surface area contributed by atoms with Gasteiger partial charge in [0.25, 0.3) is 5.95 Å². The number of methoxy groups -OCH3 is 1. The Labute approximate surface area is 148 Å². The molecule has 1 fully saturated rings. The van der Waals surface area contributed by atoms with Crippen molar-refractivity contribution >= 4 is 17.0 Å². The number of fused-ring (bicyclic) bond motifs is 1. The third-order valence-electron chi connectivity index (χ3n) is 4.32. The Kier molecular flexibility index (Phi) is 4.45. The highest BCUT2D eigenvalue weighted by atomic mass is 16.6. The van der Waals surface area contributed by atoms with Crippen LogP contribution in [0.1, 0.15) is 18.4 Å². The summed E-state index contributed by atoms with van der Waals surface area (Å²) in [5.41, 5.74) is 1.16. The van der Waals surface area contributed by atoms with E-state index in [1.807, 2.05) is 6.07 Å². The number of nitrogens with zero attached hydrogens (tertiary/aromatic N) is 4. The van der Waals surface area contributed by atoms with Gasteiger partial charge in [0.2, 0.25) is 0 Å². The van der Waals surface area contributed by atoms with Gasteiger partial charge in [0.1, 0.15) is 24.4 Å². The van der Waals surface area contributed by atoms with Gasteiger partial charge in [-0.1, -0.05) is 0 Å². The second kappa shape index (κ2) is 6.90. The first kappa shape index (κ1) is 16.8. The Morgan fingerprint density at radius 3 is 2.96 bits per heavy atom. The van der Waals surface area contributed by atoms with Gasteiger partial charge in [0.15, 0.2) is 17.0 Å². The fraction of sp³-hybridized carbons (Fsp3) is 0.438. The number of furan rings is 1. The van der Waals surface area contributed by atoms with Crippen molar-refractivity contribution in [3.8, 4) is 5.95 Å². The topological polar surface area (TPSA) is 128 Å². The molecular formula is C16H19N5O5. The van der Waals surface area contributed by atoms with Crippen LogP contribution in [0, 0.1) is 0 Å². The number of hydrogen-bond donors (Lipinski definition) is 3. The molecule has 4 heterocycles. The zero-order valence-electron chi connectivity index (χ0n) is 14.1. The molecule has 26 heavy (non-hydrogen) atoms. The van der Waals surface area contributed by atoms with Gasteiger partial charge in [-0.25, -0.2) is 15.0 Å². The van der Waals surface area contributed by atoms with Crippen LogP contribution in [0.15, 0.2) is 29.2 Å². The molecule has 1 aliphatic rings. The Hall–Kier alpha value is -2.69. The van der Waals surface area contributed by atoms with E-state index in [-0.39, 0.29) is 6.61 Å². The van der Waals surface area contributed by atoms with Gasteiger partial charge in [0, 0.05) is 12.5 Å². The quantitative estimate of drug-likeness (QED) is 0.580. The van der Waals surface area contributed by atoms with Gasteiger partial charge in [-0.2, -0.15) is 0 Å². The van der Waals surface area contributed by atoms with E-state index in [0.717, 1.165) is 0 Å². The van der Waals surface area contributed by atoms with Crippen LogP contribution in [-0.4, -0.2) is 55.7 Å². The number of hydrogen-bond acceptors (Lipinski definition) is 9. The Balaban J connectivity index is 1.55. The standard InChI is InChI=1S/C16H19N5O5/c1-24-13-3-2-9(25-13)5-17-15-14-16(19-7-18-15)21(8-20-14)12-4-10(23)11(6-22)26-12/h2-3,7-8,10-12,22-23H,4-6H2,1H3,(H,17,18,19)/t10-,11+,12?/m0/s1. The zero-order chi connectivity index (χ0) is 18.1. The molecule has 3 aromatic rings. The second-order valence-electron chi connectivity index (χ2n) is 5.94. The summed E-state index contributed by atoms with van der Waals surface area (Å²) < 4.78 is 17.9. The van der Waals surface area contributed by atoms with Crippen molar-refractivity contribution in [2.75, 3.05) is 19.0 Å². The number of aliphatic hydroxyl groups is 2. The van der Waals surface area contributed by atoms with Gasteiger partial charge in [-0.15, -0.1) is 0 Å². The number of anilines is 1. The summed E-state index contributed by atoms with van der Waals surface area (Å²) in [6.07, 6.45) is 1.61. The maximum absolute atomic E-state index is 9.93. The maximum Gasteiger partial charge on any atom is 0.284 e. The minimum atomic E-state index is -0.726. The zero-order valence-corrected chi connectivity index (χ0v) is 14.1. The largest absolute Gasteiger partial charge is 0.468 e. The summed E-state index contributed by atoms with van der Waals surface area (Å²) >= 11 is 0.